The van der Waals surface area contributed by atoms with Crippen LogP contribution in [0.1, 0.15) is 0 Å². The highest BCUT2D eigenvalue weighted by Crippen LogP contribution is 2.40. The average molecular weight is 395 g/mol. The van der Waals surface area contributed by atoms with Gasteiger partial charge in [-0.05, 0) is 30.3 Å². The van der Waals surface area contributed by atoms with E-state index in [0.717, 1.165) is 4.68 Å². The predicted octanol–water partition coefficient (Wildman–Crippen LogP) is 2.57. The van der Waals surface area contributed by atoms with Gasteiger partial charge < -0.3 is 19.5 Å². The molecule has 1 heterocycles. The minimum absolute atomic E-state index is 0.216. The third-order valence-electron chi connectivity index (χ3n) is 4.18. The van der Waals surface area contributed by atoms with E-state index < -0.39 is 0 Å². The molecule has 150 valence electrons. The number of aromatic nitrogens is 2. The summed E-state index contributed by atoms with van der Waals surface area (Å²) in [5, 5.41) is 7.06. The lowest BCUT2D eigenvalue weighted by atomic mass is 10.1. The molecule has 0 spiro atoms. The number of anilines is 1. The Balaban J connectivity index is 1.91. The lowest BCUT2D eigenvalue weighted by Crippen LogP contribution is -2.29. The number of para-hydroxylation sites is 1. The van der Waals surface area contributed by atoms with Gasteiger partial charge in [0.05, 0.1) is 27.0 Å². The van der Waals surface area contributed by atoms with Crippen molar-refractivity contribution in [1.29, 1.82) is 0 Å². The van der Waals surface area contributed by atoms with Gasteiger partial charge in [-0.15, -0.1) is 0 Å². The first-order valence-corrected chi connectivity index (χ1v) is 8.79. The topological polar surface area (TPSA) is 91.7 Å². The molecule has 1 aromatic heterocycles. The van der Waals surface area contributed by atoms with Crippen molar-refractivity contribution in [1.82, 2.24) is 9.78 Å². The number of hydrogen-bond donors (Lipinski definition) is 1. The third-order valence-corrected chi connectivity index (χ3v) is 4.18. The number of carbonyl (C=O) groups excluding carboxylic acids is 1. The Kier molecular flexibility index (Phi) is 6.13. The molecule has 1 amide bonds. The molecule has 3 rings (SSSR count). The van der Waals surface area contributed by atoms with Crippen LogP contribution in [0.2, 0.25) is 0 Å². The van der Waals surface area contributed by atoms with Gasteiger partial charge in [0.15, 0.2) is 11.5 Å². The molecule has 0 fully saturated rings. The van der Waals surface area contributed by atoms with Gasteiger partial charge in [0.1, 0.15) is 6.54 Å². The van der Waals surface area contributed by atoms with Crippen LogP contribution >= 0.6 is 0 Å². The first-order chi connectivity index (χ1) is 14.0. The highest BCUT2D eigenvalue weighted by atomic mass is 16.5. The summed E-state index contributed by atoms with van der Waals surface area (Å²) in [4.78, 5) is 24.5. The van der Waals surface area contributed by atoms with Crippen LogP contribution in [0.15, 0.2) is 59.4 Å². The van der Waals surface area contributed by atoms with Crippen LogP contribution in [0.5, 0.6) is 17.2 Å². The smallest absolute Gasteiger partial charge is 0.267 e. The largest absolute Gasteiger partial charge is 0.493 e. The van der Waals surface area contributed by atoms with Gasteiger partial charge in [-0.25, -0.2) is 4.68 Å². The minimum atomic E-state index is -0.385. The quantitative estimate of drug-likeness (QED) is 0.661. The molecule has 0 aliphatic rings. The second-order valence-corrected chi connectivity index (χ2v) is 6.04. The summed E-state index contributed by atoms with van der Waals surface area (Å²) in [6.45, 7) is -0.216. The second-order valence-electron chi connectivity index (χ2n) is 6.04. The first kappa shape index (κ1) is 19.9. The Morgan fingerprint density at radius 1 is 0.966 bits per heavy atom. The van der Waals surface area contributed by atoms with Crippen LogP contribution in [0.25, 0.3) is 11.3 Å². The van der Waals surface area contributed by atoms with Crippen LogP contribution in [0.3, 0.4) is 0 Å². The van der Waals surface area contributed by atoms with Crippen LogP contribution < -0.4 is 25.1 Å². The molecule has 0 atom stereocenters. The Morgan fingerprint density at radius 3 is 2.21 bits per heavy atom. The Labute approximate surface area is 167 Å². The molecule has 1 N–H and O–H groups in total. The van der Waals surface area contributed by atoms with Crippen molar-refractivity contribution in [3.8, 4) is 28.5 Å². The van der Waals surface area contributed by atoms with Crippen LogP contribution in [-0.2, 0) is 11.3 Å². The van der Waals surface area contributed by atoms with Crippen molar-refractivity contribution in [2.45, 2.75) is 6.54 Å². The predicted molar refractivity (Wildman–Crippen MR) is 109 cm³/mol. The zero-order chi connectivity index (χ0) is 20.8. The Morgan fingerprint density at radius 2 is 1.62 bits per heavy atom. The first-order valence-electron chi connectivity index (χ1n) is 8.79. The molecule has 2 aromatic carbocycles. The number of nitrogens with zero attached hydrogens (tertiary/aromatic N) is 2. The molecule has 29 heavy (non-hydrogen) atoms. The summed E-state index contributed by atoms with van der Waals surface area (Å²) in [7, 11) is 4.55. The minimum Gasteiger partial charge on any atom is -0.493 e. The Bertz CT molecular complexity index is 1040. The van der Waals surface area contributed by atoms with Crippen molar-refractivity contribution < 1.29 is 19.0 Å². The molecule has 0 unspecified atom stereocenters. The van der Waals surface area contributed by atoms with Crippen LogP contribution in [0, 0.1) is 0 Å². The third kappa shape index (κ3) is 4.55. The molecule has 0 aliphatic heterocycles. The fourth-order valence-electron chi connectivity index (χ4n) is 2.80. The van der Waals surface area contributed by atoms with E-state index in [9.17, 15) is 9.59 Å². The van der Waals surface area contributed by atoms with Gasteiger partial charge in [-0.2, -0.15) is 5.10 Å². The molecule has 0 aliphatic carbocycles. The zero-order valence-corrected chi connectivity index (χ0v) is 16.3. The standard InChI is InChI=1S/C21H21N3O5/c1-27-17-11-14(12-18(28-2)21(17)29-3)16-9-10-20(26)24(23-16)13-19(25)22-15-7-5-4-6-8-15/h4-12H,13H2,1-3H3,(H,22,25). The molecule has 0 radical (unpaired) electrons. The van der Waals surface area contributed by atoms with Crippen molar-refractivity contribution in [2.24, 2.45) is 0 Å². The van der Waals surface area contributed by atoms with Crippen molar-refractivity contribution in [3.05, 3.63) is 65.0 Å². The van der Waals surface area contributed by atoms with Crippen LogP contribution in [0.4, 0.5) is 5.69 Å². The molecule has 3 aromatic rings. The number of hydrogen-bond acceptors (Lipinski definition) is 6. The van der Waals surface area contributed by atoms with Gasteiger partial charge in [0, 0.05) is 17.3 Å². The maximum Gasteiger partial charge on any atom is 0.267 e. The number of ether oxygens (including phenoxy) is 3. The summed E-state index contributed by atoms with van der Waals surface area (Å²) < 4.78 is 17.2. The highest BCUT2D eigenvalue weighted by Gasteiger charge is 2.16. The van der Waals surface area contributed by atoms with E-state index in [2.05, 4.69) is 10.4 Å². The number of benzene rings is 2. The molecule has 8 heteroatoms. The van der Waals surface area contributed by atoms with Gasteiger partial charge in [0.25, 0.3) is 5.56 Å². The number of nitrogens with one attached hydrogen (secondary N) is 1. The van der Waals surface area contributed by atoms with Gasteiger partial charge >= 0.3 is 0 Å². The van der Waals surface area contributed by atoms with Crippen molar-refractivity contribution in [3.63, 3.8) is 0 Å². The van der Waals surface area contributed by atoms with Crippen molar-refractivity contribution in [2.75, 3.05) is 26.6 Å². The molecule has 0 bridgehead atoms. The molecular weight excluding hydrogens is 374 g/mol. The normalized spacial score (nSPS) is 10.3. The lowest BCUT2D eigenvalue weighted by Gasteiger charge is -2.14. The fourth-order valence-corrected chi connectivity index (χ4v) is 2.80. The summed E-state index contributed by atoms with van der Waals surface area (Å²) in [6.07, 6.45) is 0. The number of amides is 1. The van der Waals surface area contributed by atoms with E-state index in [4.69, 9.17) is 14.2 Å². The van der Waals surface area contributed by atoms with Gasteiger partial charge in [0.2, 0.25) is 11.7 Å². The summed E-state index contributed by atoms with van der Waals surface area (Å²) in [6, 6.07) is 15.4. The van der Waals surface area contributed by atoms with Crippen molar-refractivity contribution >= 4 is 11.6 Å². The molecule has 8 nitrogen and oxygen atoms in total. The van der Waals surface area contributed by atoms with Gasteiger partial charge in [-0.1, -0.05) is 18.2 Å². The van der Waals surface area contributed by atoms with E-state index in [-0.39, 0.29) is 18.0 Å². The van der Waals surface area contributed by atoms with E-state index in [1.807, 2.05) is 18.2 Å². The lowest BCUT2D eigenvalue weighted by molar-refractivity contribution is -0.117. The number of carbonyl (C=O) groups is 1. The summed E-state index contributed by atoms with van der Waals surface area (Å²) in [5.74, 6) is 1.02. The van der Waals surface area contributed by atoms with E-state index >= 15 is 0 Å². The van der Waals surface area contributed by atoms with E-state index in [0.29, 0.717) is 34.2 Å². The average Bonchev–Trinajstić information content (AvgIpc) is 2.74. The Hall–Kier alpha value is -3.81. The number of methoxy groups -OCH3 is 3. The van der Waals surface area contributed by atoms with Gasteiger partial charge in [-0.3, -0.25) is 9.59 Å². The maximum absolute atomic E-state index is 12.3. The second kappa shape index (κ2) is 8.92. The van der Waals surface area contributed by atoms with E-state index in [1.165, 1.54) is 27.4 Å². The molecular formula is C21H21N3O5. The zero-order valence-electron chi connectivity index (χ0n) is 16.3. The highest BCUT2D eigenvalue weighted by molar-refractivity contribution is 5.90. The van der Waals surface area contributed by atoms with Crippen LogP contribution in [-0.4, -0.2) is 37.0 Å². The monoisotopic (exact) mass is 395 g/mol. The molecule has 0 saturated carbocycles. The van der Waals surface area contributed by atoms with E-state index in [1.54, 1.807) is 30.3 Å². The SMILES string of the molecule is COc1cc(-c2ccc(=O)n(CC(=O)Nc3ccccc3)n2)cc(OC)c1OC. The molecule has 0 saturated heterocycles. The maximum atomic E-state index is 12.3. The summed E-state index contributed by atoms with van der Waals surface area (Å²) >= 11 is 0. The number of rotatable bonds is 7. The fraction of sp³-hybridized carbons (Fsp3) is 0.190. The summed E-state index contributed by atoms with van der Waals surface area (Å²) in [5.41, 5.74) is 1.39.